The normalized spacial score (nSPS) is 11.4. The molecule has 0 N–H and O–H groups in total. The van der Waals surface area contributed by atoms with Gasteiger partial charge in [-0.1, -0.05) is 42.5 Å². The molecule has 0 saturated carbocycles. The number of fused-ring (bicyclic) bond motifs is 1. The number of hydrogen-bond donors (Lipinski definition) is 0. The Balaban J connectivity index is 2.64. The molecule has 0 atom stereocenters. The number of rotatable bonds is 3. The van der Waals surface area contributed by atoms with E-state index in [-0.39, 0.29) is 5.78 Å². The molecule has 17 heavy (non-hydrogen) atoms. The predicted molar refractivity (Wildman–Crippen MR) is 68.1 cm³/mol. The van der Waals surface area contributed by atoms with Crippen molar-refractivity contribution in [1.29, 1.82) is 0 Å². The molecule has 2 heteroatoms. The lowest BCUT2D eigenvalue weighted by Gasteiger charge is -2.16. The van der Waals surface area contributed by atoms with E-state index in [1.54, 1.807) is 19.9 Å². The lowest BCUT2D eigenvalue weighted by Crippen LogP contribution is -2.25. The molecule has 0 aliphatic carbocycles. The van der Waals surface area contributed by atoms with Gasteiger partial charge in [-0.2, -0.15) is 0 Å². The van der Waals surface area contributed by atoms with E-state index in [1.807, 2.05) is 36.4 Å². The molecule has 2 nitrogen and oxygen atoms in total. The van der Waals surface area contributed by atoms with Crippen LogP contribution >= 0.6 is 0 Å². The minimum absolute atomic E-state index is 0.135. The Bertz CT molecular complexity index is 577. The summed E-state index contributed by atoms with van der Waals surface area (Å²) in [6, 6.07) is 13.3. The van der Waals surface area contributed by atoms with Crippen LogP contribution in [0.3, 0.4) is 0 Å². The zero-order valence-electron chi connectivity index (χ0n) is 9.94. The maximum Gasteiger partial charge on any atom is 0.176 e. The van der Waals surface area contributed by atoms with E-state index in [0.717, 1.165) is 10.8 Å². The van der Waals surface area contributed by atoms with Crippen LogP contribution in [0.2, 0.25) is 0 Å². The molecule has 2 aromatic carbocycles. The maximum absolute atomic E-state index is 12.3. The minimum Gasteiger partial charge on any atom is -0.302 e. The van der Waals surface area contributed by atoms with Gasteiger partial charge in [0.2, 0.25) is 0 Å². The van der Waals surface area contributed by atoms with Crippen molar-refractivity contribution in [3.63, 3.8) is 0 Å². The number of carbonyl (C=O) groups excluding carboxylic acids is 2. The van der Waals surface area contributed by atoms with Gasteiger partial charge >= 0.3 is 0 Å². The average molecular weight is 226 g/mol. The lowest BCUT2D eigenvalue weighted by atomic mass is 9.84. The highest BCUT2D eigenvalue weighted by Crippen LogP contribution is 2.25. The van der Waals surface area contributed by atoms with Crippen LogP contribution in [0.15, 0.2) is 42.5 Å². The number of benzene rings is 2. The minimum atomic E-state index is -0.968. The topological polar surface area (TPSA) is 34.1 Å². The van der Waals surface area contributed by atoms with Crippen LogP contribution in [0.5, 0.6) is 0 Å². The van der Waals surface area contributed by atoms with Crippen LogP contribution in [-0.4, -0.2) is 12.1 Å². The second kappa shape index (κ2) is 4.13. The van der Waals surface area contributed by atoms with Gasteiger partial charge in [0.05, 0.1) is 5.41 Å². The molecular formula is C15H14O2. The monoisotopic (exact) mass is 226 g/mol. The first-order valence-corrected chi connectivity index (χ1v) is 5.55. The Morgan fingerprint density at radius 3 is 2.41 bits per heavy atom. The highest BCUT2D eigenvalue weighted by Gasteiger charge is 2.28. The molecule has 0 aliphatic rings. The van der Waals surface area contributed by atoms with Crippen molar-refractivity contribution in [2.75, 3.05) is 0 Å². The third kappa shape index (κ3) is 1.98. The number of Topliss-reactive ketones (excluding diaryl/α,β-unsaturated/α-hetero) is 1. The second-order valence-electron chi connectivity index (χ2n) is 4.70. The molecule has 0 heterocycles. The number of carbonyl (C=O) groups is 2. The van der Waals surface area contributed by atoms with Crippen molar-refractivity contribution < 1.29 is 9.59 Å². The molecular weight excluding hydrogens is 212 g/mol. The van der Waals surface area contributed by atoms with Crippen molar-refractivity contribution in [2.45, 2.75) is 13.8 Å². The van der Waals surface area contributed by atoms with Gasteiger partial charge in [-0.3, -0.25) is 4.79 Å². The maximum atomic E-state index is 12.3. The molecule has 0 radical (unpaired) electrons. The van der Waals surface area contributed by atoms with Gasteiger partial charge in [0.15, 0.2) is 5.78 Å². The van der Waals surface area contributed by atoms with Crippen molar-refractivity contribution in [3.8, 4) is 0 Å². The third-order valence-electron chi connectivity index (χ3n) is 2.91. The van der Waals surface area contributed by atoms with Gasteiger partial charge < -0.3 is 4.79 Å². The molecule has 0 aliphatic heterocycles. The van der Waals surface area contributed by atoms with E-state index >= 15 is 0 Å². The molecule has 0 unspecified atom stereocenters. The van der Waals surface area contributed by atoms with E-state index in [0.29, 0.717) is 11.8 Å². The Hall–Kier alpha value is -1.96. The van der Waals surface area contributed by atoms with E-state index in [4.69, 9.17) is 0 Å². The van der Waals surface area contributed by atoms with Gasteiger partial charge in [-0.05, 0) is 24.6 Å². The summed E-state index contributed by atoms with van der Waals surface area (Å²) in [7, 11) is 0. The summed E-state index contributed by atoms with van der Waals surface area (Å²) in [6.07, 6.45) is 0.705. The van der Waals surface area contributed by atoms with E-state index in [2.05, 4.69) is 0 Å². The average Bonchev–Trinajstić information content (AvgIpc) is 2.37. The number of ketones is 1. The quantitative estimate of drug-likeness (QED) is 0.457. The summed E-state index contributed by atoms with van der Waals surface area (Å²) in [5.41, 5.74) is -0.357. The zero-order chi connectivity index (χ0) is 12.5. The molecule has 2 rings (SSSR count). The number of aldehydes is 1. The SMILES string of the molecule is CC(C)(C=O)C(=O)c1cccc2ccccc12. The van der Waals surface area contributed by atoms with Crippen molar-refractivity contribution in [3.05, 3.63) is 48.0 Å². The first kappa shape index (κ1) is 11.5. The first-order chi connectivity index (χ1) is 8.06. The van der Waals surface area contributed by atoms with Gasteiger partial charge in [-0.15, -0.1) is 0 Å². The number of hydrogen-bond acceptors (Lipinski definition) is 2. The zero-order valence-corrected chi connectivity index (χ0v) is 9.94. The van der Waals surface area contributed by atoms with E-state index in [1.165, 1.54) is 0 Å². The van der Waals surface area contributed by atoms with Crippen LogP contribution in [-0.2, 0) is 4.79 Å². The van der Waals surface area contributed by atoms with Crippen LogP contribution < -0.4 is 0 Å². The molecule has 0 fully saturated rings. The highest BCUT2D eigenvalue weighted by atomic mass is 16.1. The molecule has 86 valence electrons. The van der Waals surface area contributed by atoms with E-state index in [9.17, 15) is 9.59 Å². The van der Waals surface area contributed by atoms with Gasteiger partial charge in [0.25, 0.3) is 0 Å². The van der Waals surface area contributed by atoms with E-state index < -0.39 is 5.41 Å². The lowest BCUT2D eigenvalue weighted by molar-refractivity contribution is -0.112. The molecule has 2 aromatic rings. The van der Waals surface area contributed by atoms with Crippen molar-refractivity contribution in [1.82, 2.24) is 0 Å². The van der Waals surface area contributed by atoms with Crippen LogP contribution in [0.1, 0.15) is 24.2 Å². The van der Waals surface area contributed by atoms with Crippen LogP contribution in [0.4, 0.5) is 0 Å². The fourth-order valence-electron chi connectivity index (χ4n) is 1.82. The molecule has 0 spiro atoms. The molecule has 0 bridgehead atoms. The summed E-state index contributed by atoms with van der Waals surface area (Å²) in [5, 5.41) is 1.91. The third-order valence-corrected chi connectivity index (χ3v) is 2.91. The largest absolute Gasteiger partial charge is 0.302 e. The Kier molecular flexibility index (Phi) is 2.80. The van der Waals surface area contributed by atoms with Gasteiger partial charge in [0.1, 0.15) is 6.29 Å². The second-order valence-corrected chi connectivity index (χ2v) is 4.70. The van der Waals surface area contributed by atoms with Gasteiger partial charge in [0, 0.05) is 5.56 Å². The Morgan fingerprint density at radius 1 is 1.06 bits per heavy atom. The summed E-state index contributed by atoms with van der Waals surface area (Å²) in [4.78, 5) is 23.2. The Morgan fingerprint density at radius 2 is 1.71 bits per heavy atom. The first-order valence-electron chi connectivity index (χ1n) is 5.55. The molecule has 0 amide bonds. The molecule has 0 aromatic heterocycles. The standard InChI is InChI=1S/C15H14O2/c1-15(2,10-16)14(17)13-9-5-7-11-6-3-4-8-12(11)13/h3-10H,1-2H3. The van der Waals surface area contributed by atoms with Crippen LogP contribution in [0, 0.1) is 5.41 Å². The highest BCUT2D eigenvalue weighted by molar-refractivity contribution is 6.15. The fraction of sp³-hybridized carbons (Fsp3) is 0.200. The van der Waals surface area contributed by atoms with Crippen molar-refractivity contribution in [2.24, 2.45) is 5.41 Å². The van der Waals surface area contributed by atoms with Crippen LogP contribution in [0.25, 0.3) is 10.8 Å². The predicted octanol–water partition coefficient (Wildman–Crippen LogP) is 3.25. The van der Waals surface area contributed by atoms with Crippen molar-refractivity contribution >= 4 is 22.8 Å². The Labute approximate surface area is 100 Å². The van der Waals surface area contributed by atoms with Gasteiger partial charge in [-0.25, -0.2) is 0 Å². The smallest absolute Gasteiger partial charge is 0.176 e. The molecule has 0 saturated heterocycles. The summed E-state index contributed by atoms with van der Waals surface area (Å²) >= 11 is 0. The summed E-state index contributed by atoms with van der Waals surface area (Å²) < 4.78 is 0. The summed E-state index contributed by atoms with van der Waals surface area (Å²) in [6.45, 7) is 3.29. The fourth-order valence-corrected chi connectivity index (χ4v) is 1.82. The summed E-state index contributed by atoms with van der Waals surface area (Å²) in [5.74, 6) is -0.135.